The first-order valence-electron chi connectivity index (χ1n) is 6.09. The largest absolute Gasteiger partial charge is 0.226 e. The lowest BCUT2D eigenvalue weighted by molar-refractivity contribution is 0.939. The van der Waals surface area contributed by atoms with Gasteiger partial charge in [-0.05, 0) is 42.1 Å². The summed E-state index contributed by atoms with van der Waals surface area (Å²) < 4.78 is 1.59. The topological polar surface area (TPSA) is 43.1 Å². The first-order valence-corrected chi connectivity index (χ1v) is 7.35. The number of aromatic nitrogens is 4. The fraction of sp³-hybridized carbons (Fsp3) is 0.0714. The van der Waals surface area contributed by atoms with E-state index in [1.807, 2.05) is 35.7 Å². The molecule has 4 rings (SSSR count). The van der Waals surface area contributed by atoms with E-state index in [1.54, 1.807) is 15.9 Å². The lowest BCUT2D eigenvalue weighted by atomic mass is 10.2. The van der Waals surface area contributed by atoms with Crippen LogP contribution in [0.1, 0.15) is 4.88 Å². The van der Waals surface area contributed by atoms with Crippen molar-refractivity contribution >= 4 is 39.5 Å². The lowest BCUT2D eigenvalue weighted by Gasteiger charge is -1.99. The van der Waals surface area contributed by atoms with Crippen LogP contribution in [0.2, 0.25) is 5.28 Å². The maximum absolute atomic E-state index is 6.20. The summed E-state index contributed by atoms with van der Waals surface area (Å²) in [5.41, 5.74) is 2.60. The first-order chi connectivity index (χ1) is 9.74. The van der Waals surface area contributed by atoms with Gasteiger partial charge in [0.15, 0.2) is 11.5 Å². The maximum Gasteiger partial charge on any atom is 0.226 e. The van der Waals surface area contributed by atoms with E-state index in [1.165, 1.54) is 4.88 Å². The van der Waals surface area contributed by atoms with Crippen molar-refractivity contribution in [1.29, 1.82) is 0 Å². The van der Waals surface area contributed by atoms with Crippen molar-refractivity contribution in [1.82, 2.24) is 19.6 Å². The predicted octanol–water partition coefficient (Wildman–Crippen LogP) is 3.97. The number of para-hydroxylation sites is 1. The molecule has 0 radical (unpaired) electrons. The van der Waals surface area contributed by atoms with E-state index in [4.69, 9.17) is 11.6 Å². The molecule has 3 heterocycles. The zero-order valence-electron chi connectivity index (χ0n) is 10.5. The van der Waals surface area contributed by atoms with E-state index < -0.39 is 0 Å². The summed E-state index contributed by atoms with van der Waals surface area (Å²) in [5.74, 6) is 0.684. The second-order valence-corrected chi connectivity index (χ2v) is 5.92. The third kappa shape index (κ3) is 1.63. The van der Waals surface area contributed by atoms with Crippen LogP contribution in [0.5, 0.6) is 0 Å². The molecular weight excluding hydrogens is 292 g/mol. The Morgan fingerprint density at radius 3 is 2.80 bits per heavy atom. The average Bonchev–Trinajstić information content (AvgIpc) is 3.05. The lowest BCUT2D eigenvalue weighted by Crippen LogP contribution is -1.94. The third-order valence-electron chi connectivity index (χ3n) is 3.24. The number of hydrogen-bond donors (Lipinski definition) is 0. The van der Waals surface area contributed by atoms with Crippen LogP contribution in [0.3, 0.4) is 0 Å². The quantitative estimate of drug-likeness (QED) is 0.500. The van der Waals surface area contributed by atoms with Crippen molar-refractivity contribution in [3.8, 4) is 11.4 Å². The highest BCUT2D eigenvalue weighted by Crippen LogP contribution is 2.27. The Bertz CT molecular complexity index is 941. The molecule has 0 N–H and O–H groups in total. The predicted molar refractivity (Wildman–Crippen MR) is 81.3 cm³/mol. The van der Waals surface area contributed by atoms with Crippen molar-refractivity contribution < 1.29 is 0 Å². The number of benzene rings is 1. The van der Waals surface area contributed by atoms with Crippen LogP contribution in [0, 0.1) is 6.92 Å². The van der Waals surface area contributed by atoms with Gasteiger partial charge in [-0.1, -0.05) is 12.1 Å². The maximum atomic E-state index is 6.20. The molecule has 20 heavy (non-hydrogen) atoms. The molecule has 0 bridgehead atoms. The van der Waals surface area contributed by atoms with Gasteiger partial charge < -0.3 is 0 Å². The van der Waals surface area contributed by atoms with Gasteiger partial charge in [-0.3, -0.25) is 0 Å². The molecule has 0 saturated carbocycles. The van der Waals surface area contributed by atoms with E-state index in [9.17, 15) is 0 Å². The summed E-state index contributed by atoms with van der Waals surface area (Å²) >= 11 is 7.88. The number of aryl methyl sites for hydroxylation is 1. The molecule has 0 fully saturated rings. The molecule has 0 saturated heterocycles. The van der Waals surface area contributed by atoms with Crippen molar-refractivity contribution in [3.05, 3.63) is 45.9 Å². The molecule has 0 atom stereocenters. The van der Waals surface area contributed by atoms with E-state index >= 15 is 0 Å². The highest BCUT2D eigenvalue weighted by Gasteiger charge is 2.14. The Kier molecular flexibility index (Phi) is 2.52. The van der Waals surface area contributed by atoms with Crippen molar-refractivity contribution in [2.75, 3.05) is 0 Å². The van der Waals surface area contributed by atoms with Crippen LogP contribution in [0.15, 0.2) is 35.7 Å². The molecule has 4 nitrogen and oxygen atoms in total. The standard InChI is InChI=1S/C14H9ClN4S/c1-8-9(6-7-20-8)12-17-13-10-4-2-3-5-11(10)16-14(15)19(13)18-12/h2-7H,1H3. The van der Waals surface area contributed by atoms with Crippen LogP contribution >= 0.6 is 22.9 Å². The fourth-order valence-corrected chi connectivity index (χ4v) is 3.16. The number of hydrogen-bond acceptors (Lipinski definition) is 4. The van der Waals surface area contributed by atoms with Crippen LogP contribution in [-0.2, 0) is 0 Å². The van der Waals surface area contributed by atoms with E-state index in [0.717, 1.165) is 22.1 Å². The van der Waals surface area contributed by atoms with E-state index in [2.05, 4.69) is 22.0 Å². The molecule has 0 aliphatic heterocycles. The van der Waals surface area contributed by atoms with E-state index in [0.29, 0.717) is 11.1 Å². The van der Waals surface area contributed by atoms with Crippen LogP contribution in [-0.4, -0.2) is 19.6 Å². The Balaban J connectivity index is 2.11. The number of fused-ring (bicyclic) bond motifs is 3. The van der Waals surface area contributed by atoms with Gasteiger partial charge in [0.25, 0.3) is 0 Å². The molecule has 0 amide bonds. The van der Waals surface area contributed by atoms with Crippen molar-refractivity contribution in [2.45, 2.75) is 6.92 Å². The summed E-state index contributed by atoms with van der Waals surface area (Å²) in [6.07, 6.45) is 0. The molecule has 0 aliphatic rings. The smallest absolute Gasteiger partial charge is 0.218 e. The summed E-state index contributed by atoms with van der Waals surface area (Å²) in [6.45, 7) is 2.06. The van der Waals surface area contributed by atoms with Gasteiger partial charge in [-0.2, -0.15) is 4.52 Å². The Morgan fingerprint density at radius 1 is 1.15 bits per heavy atom. The fourth-order valence-electron chi connectivity index (χ4n) is 2.25. The van der Waals surface area contributed by atoms with E-state index in [-0.39, 0.29) is 0 Å². The van der Waals surface area contributed by atoms with Crippen molar-refractivity contribution in [2.24, 2.45) is 0 Å². The summed E-state index contributed by atoms with van der Waals surface area (Å²) in [7, 11) is 0. The number of nitrogens with zero attached hydrogens (tertiary/aromatic N) is 4. The molecule has 98 valence electrons. The van der Waals surface area contributed by atoms with Crippen LogP contribution < -0.4 is 0 Å². The zero-order valence-corrected chi connectivity index (χ0v) is 12.1. The van der Waals surface area contributed by atoms with Crippen LogP contribution in [0.4, 0.5) is 0 Å². The molecule has 0 spiro atoms. The summed E-state index contributed by atoms with van der Waals surface area (Å²) in [5, 5.41) is 7.79. The molecule has 3 aromatic heterocycles. The highest BCUT2D eigenvalue weighted by atomic mass is 35.5. The van der Waals surface area contributed by atoms with Gasteiger partial charge >= 0.3 is 0 Å². The molecule has 6 heteroatoms. The van der Waals surface area contributed by atoms with Gasteiger partial charge in [0.1, 0.15) is 0 Å². The number of halogens is 1. The second-order valence-electron chi connectivity index (χ2n) is 4.46. The Hall–Kier alpha value is -1.98. The van der Waals surface area contributed by atoms with Gasteiger partial charge in [0.05, 0.1) is 5.52 Å². The molecule has 1 aromatic carbocycles. The third-order valence-corrected chi connectivity index (χ3v) is 4.33. The van der Waals surface area contributed by atoms with Gasteiger partial charge in [-0.15, -0.1) is 16.4 Å². The minimum absolute atomic E-state index is 0.324. The van der Waals surface area contributed by atoms with Crippen molar-refractivity contribution in [3.63, 3.8) is 0 Å². The highest BCUT2D eigenvalue weighted by molar-refractivity contribution is 7.10. The number of rotatable bonds is 1. The first kappa shape index (κ1) is 11.8. The molecule has 0 unspecified atom stereocenters. The minimum Gasteiger partial charge on any atom is -0.218 e. The molecule has 4 aromatic rings. The second kappa shape index (κ2) is 4.26. The summed E-state index contributed by atoms with van der Waals surface area (Å²) in [4.78, 5) is 10.2. The van der Waals surface area contributed by atoms with Gasteiger partial charge in [-0.25, -0.2) is 9.97 Å². The van der Waals surface area contributed by atoms with Gasteiger partial charge in [0.2, 0.25) is 5.28 Å². The summed E-state index contributed by atoms with van der Waals surface area (Å²) in [6, 6.07) is 9.82. The average molecular weight is 301 g/mol. The zero-order chi connectivity index (χ0) is 13.7. The normalized spacial score (nSPS) is 11.5. The number of thiophene rings is 1. The minimum atomic E-state index is 0.324. The van der Waals surface area contributed by atoms with Gasteiger partial charge in [0, 0.05) is 15.8 Å². The molecule has 0 aliphatic carbocycles. The van der Waals surface area contributed by atoms with Crippen LogP contribution in [0.25, 0.3) is 27.9 Å². The monoisotopic (exact) mass is 300 g/mol. The Morgan fingerprint density at radius 2 is 2.00 bits per heavy atom. The SMILES string of the molecule is Cc1sccc1-c1nc2c3ccccc3nc(Cl)n2n1. The Labute approximate surface area is 123 Å². The molecular formula is C14H9ClN4S.